The molecule has 116 valence electrons. The summed E-state index contributed by atoms with van der Waals surface area (Å²) in [5, 5.41) is 5.11. The molecule has 5 heteroatoms. The van der Waals surface area contributed by atoms with Crippen LogP contribution in [0.25, 0.3) is 11.3 Å². The second-order valence-corrected chi connectivity index (χ2v) is 5.51. The van der Waals surface area contributed by atoms with Gasteiger partial charge < -0.3 is 4.74 Å². The number of benzene rings is 2. The third-order valence-corrected chi connectivity index (χ3v) is 3.75. The van der Waals surface area contributed by atoms with Gasteiger partial charge in [0.1, 0.15) is 5.75 Å². The number of hydrogen-bond donors (Lipinski definition) is 0. The van der Waals surface area contributed by atoms with E-state index in [1.807, 2.05) is 36.4 Å². The second kappa shape index (κ2) is 6.67. The second-order valence-electron chi connectivity index (χ2n) is 5.07. The molecule has 1 aromatic heterocycles. The molecule has 0 bridgehead atoms. The van der Waals surface area contributed by atoms with E-state index in [9.17, 15) is 4.79 Å². The molecule has 0 fully saturated rings. The zero-order valence-corrected chi connectivity index (χ0v) is 13.3. The lowest BCUT2D eigenvalue weighted by Gasteiger charge is -2.08. The van der Waals surface area contributed by atoms with E-state index >= 15 is 0 Å². The topological polar surface area (TPSA) is 44.1 Å². The van der Waals surface area contributed by atoms with Crippen LogP contribution >= 0.6 is 11.6 Å². The minimum Gasteiger partial charge on any atom is -0.497 e. The van der Waals surface area contributed by atoms with Crippen LogP contribution in [0.2, 0.25) is 5.02 Å². The molecule has 0 spiro atoms. The van der Waals surface area contributed by atoms with Crippen molar-refractivity contribution >= 4 is 11.6 Å². The zero-order valence-electron chi connectivity index (χ0n) is 12.6. The Morgan fingerprint density at radius 3 is 2.35 bits per heavy atom. The molecule has 2 aromatic carbocycles. The Labute approximate surface area is 138 Å². The van der Waals surface area contributed by atoms with E-state index in [1.54, 1.807) is 25.3 Å². The Bertz CT molecular complexity index is 855. The van der Waals surface area contributed by atoms with Crippen molar-refractivity contribution in [1.29, 1.82) is 0 Å². The van der Waals surface area contributed by atoms with Crippen molar-refractivity contribution in [3.8, 4) is 17.0 Å². The van der Waals surface area contributed by atoms with Gasteiger partial charge in [0, 0.05) is 16.7 Å². The number of ether oxygens (including phenoxy) is 1. The largest absolute Gasteiger partial charge is 0.497 e. The zero-order chi connectivity index (χ0) is 16.2. The van der Waals surface area contributed by atoms with Crippen LogP contribution < -0.4 is 10.3 Å². The summed E-state index contributed by atoms with van der Waals surface area (Å²) in [5.41, 5.74) is 2.49. The minimum absolute atomic E-state index is 0.141. The summed E-state index contributed by atoms with van der Waals surface area (Å²) in [5.74, 6) is 0.781. The van der Waals surface area contributed by atoms with Gasteiger partial charge in [0.2, 0.25) is 0 Å². The van der Waals surface area contributed by atoms with Crippen molar-refractivity contribution in [3.05, 3.63) is 81.6 Å². The molecule has 0 aliphatic carbocycles. The predicted octanol–water partition coefficient (Wildman–Crippen LogP) is 3.62. The van der Waals surface area contributed by atoms with Crippen LogP contribution in [0.15, 0.2) is 65.5 Å². The molecular weight excluding hydrogens is 312 g/mol. The van der Waals surface area contributed by atoms with Crippen LogP contribution in [-0.4, -0.2) is 16.9 Å². The van der Waals surface area contributed by atoms with Crippen molar-refractivity contribution in [3.63, 3.8) is 0 Å². The van der Waals surface area contributed by atoms with E-state index < -0.39 is 0 Å². The monoisotopic (exact) mass is 326 g/mol. The molecule has 1 heterocycles. The van der Waals surface area contributed by atoms with E-state index in [4.69, 9.17) is 16.3 Å². The molecule has 3 aromatic rings. The first-order valence-electron chi connectivity index (χ1n) is 7.13. The van der Waals surface area contributed by atoms with Crippen molar-refractivity contribution in [2.24, 2.45) is 0 Å². The highest BCUT2D eigenvalue weighted by Gasteiger charge is 2.05. The first-order valence-corrected chi connectivity index (χ1v) is 7.50. The average molecular weight is 327 g/mol. The average Bonchev–Trinajstić information content (AvgIpc) is 2.59. The van der Waals surface area contributed by atoms with Gasteiger partial charge >= 0.3 is 0 Å². The maximum Gasteiger partial charge on any atom is 0.267 e. The summed E-state index contributed by atoms with van der Waals surface area (Å²) in [6.45, 7) is 0.403. The van der Waals surface area contributed by atoms with Crippen molar-refractivity contribution in [2.75, 3.05) is 7.11 Å². The lowest BCUT2D eigenvalue weighted by atomic mass is 10.1. The van der Waals surface area contributed by atoms with Gasteiger partial charge in [-0.05, 0) is 48.0 Å². The smallest absolute Gasteiger partial charge is 0.267 e. The quantitative estimate of drug-likeness (QED) is 0.735. The van der Waals surface area contributed by atoms with Crippen LogP contribution in [0, 0.1) is 0 Å². The molecule has 0 saturated heterocycles. The van der Waals surface area contributed by atoms with Crippen LogP contribution in [0.5, 0.6) is 5.75 Å². The van der Waals surface area contributed by atoms with Crippen LogP contribution in [0.3, 0.4) is 0 Å². The summed E-state index contributed by atoms with van der Waals surface area (Å²) in [7, 11) is 1.62. The minimum atomic E-state index is -0.141. The van der Waals surface area contributed by atoms with Gasteiger partial charge in [0.25, 0.3) is 5.56 Å². The predicted molar refractivity (Wildman–Crippen MR) is 91.0 cm³/mol. The third-order valence-electron chi connectivity index (χ3n) is 3.50. The van der Waals surface area contributed by atoms with Crippen LogP contribution in [-0.2, 0) is 6.54 Å². The van der Waals surface area contributed by atoms with E-state index in [2.05, 4.69) is 5.10 Å². The fraction of sp³-hybridized carbons (Fsp3) is 0.111. The molecule has 3 rings (SSSR count). The Hall–Kier alpha value is -2.59. The summed E-state index contributed by atoms with van der Waals surface area (Å²) in [6.07, 6.45) is 0. The van der Waals surface area contributed by atoms with Crippen molar-refractivity contribution in [1.82, 2.24) is 9.78 Å². The van der Waals surface area contributed by atoms with E-state index in [0.29, 0.717) is 11.6 Å². The molecule has 23 heavy (non-hydrogen) atoms. The molecule has 0 aliphatic heterocycles. The molecule has 0 amide bonds. The molecule has 0 saturated carbocycles. The molecule has 0 aliphatic rings. The molecule has 4 nitrogen and oxygen atoms in total. The van der Waals surface area contributed by atoms with Gasteiger partial charge in [0.15, 0.2) is 0 Å². The lowest BCUT2D eigenvalue weighted by molar-refractivity contribution is 0.415. The van der Waals surface area contributed by atoms with Crippen LogP contribution in [0.4, 0.5) is 0 Å². The van der Waals surface area contributed by atoms with Crippen molar-refractivity contribution < 1.29 is 4.74 Å². The molecule has 0 radical (unpaired) electrons. The van der Waals surface area contributed by atoms with Gasteiger partial charge in [-0.15, -0.1) is 0 Å². The van der Waals surface area contributed by atoms with Gasteiger partial charge in [-0.2, -0.15) is 5.10 Å². The third kappa shape index (κ3) is 3.60. The summed E-state index contributed by atoms with van der Waals surface area (Å²) in [4.78, 5) is 12.0. The summed E-state index contributed by atoms with van der Waals surface area (Å²) >= 11 is 5.88. The maximum atomic E-state index is 12.0. The molecule has 0 atom stereocenters. The molecular formula is C18H15ClN2O2. The normalized spacial score (nSPS) is 10.5. The highest BCUT2D eigenvalue weighted by molar-refractivity contribution is 6.30. The first kappa shape index (κ1) is 15.3. The van der Waals surface area contributed by atoms with Gasteiger partial charge in [-0.25, -0.2) is 4.68 Å². The SMILES string of the molecule is COc1ccc(-c2ccc(=O)n(Cc3ccc(Cl)cc3)n2)cc1. The number of nitrogens with zero attached hydrogens (tertiary/aromatic N) is 2. The number of hydrogen-bond acceptors (Lipinski definition) is 3. The fourth-order valence-corrected chi connectivity index (χ4v) is 2.37. The van der Waals surface area contributed by atoms with Crippen LogP contribution in [0.1, 0.15) is 5.56 Å². The lowest BCUT2D eigenvalue weighted by Crippen LogP contribution is -2.22. The number of aromatic nitrogens is 2. The molecule has 0 unspecified atom stereocenters. The number of rotatable bonds is 4. The van der Waals surface area contributed by atoms with E-state index in [0.717, 1.165) is 22.6 Å². The maximum absolute atomic E-state index is 12.0. The number of methoxy groups -OCH3 is 1. The van der Waals surface area contributed by atoms with Crippen molar-refractivity contribution in [2.45, 2.75) is 6.54 Å². The highest BCUT2D eigenvalue weighted by atomic mass is 35.5. The summed E-state index contributed by atoms with van der Waals surface area (Å²) < 4.78 is 6.60. The Kier molecular flexibility index (Phi) is 4.44. The van der Waals surface area contributed by atoms with E-state index in [-0.39, 0.29) is 5.56 Å². The Morgan fingerprint density at radius 2 is 1.70 bits per heavy atom. The Morgan fingerprint density at radius 1 is 1.00 bits per heavy atom. The standard InChI is InChI=1S/C18H15ClN2O2/c1-23-16-8-4-14(5-9-16)17-10-11-18(22)21(20-17)12-13-2-6-15(19)7-3-13/h2-11H,12H2,1H3. The fourth-order valence-electron chi connectivity index (χ4n) is 2.24. The molecule has 0 N–H and O–H groups in total. The van der Waals surface area contributed by atoms with Gasteiger partial charge in [-0.3, -0.25) is 4.79 Å². The van der Waals surface area contributed by atoms with E-state index in [1.165, 1.54) is 10.7 Å². The van der Waals surface area contributed by atoms with Gasteiger partial charge in [-0.1, -0.05) is 23.7 Å². The number of halogens is 1. The summed E-state index contributed by atoms with van der Waals surface area (Å²) in [6, 6.07) is 18.2. The first-order chi connectivity index (χ1) is 11.2. The highest BCUT2D eigenvalue weighted by Crippen LogP contribution is 2.19. The van der Waals surface area contributed by atoms with Gasteiger partial charge in [0.05, 0.1) is 19.3 Å². The Balaban J connectivity index is 1.91.